The molecule has 1 aromatic heterocycles. The molecule has 4 aliphatic carbocycles. The van der Waals surface area contributed by atoms with E-state index in [1.807, 2.05) is 11.3 Å². The van der Waals surface area contributed by atoms with Crippen molar-refractivity contribution < 1.29 is 0 Å². The fourth-order valence-electron chi connectivity index (χ4n) is 12.8. The Kier molecular flexibility index (Phi) is 6.76. The van der Waals surface area contributed by atoms with Crippen molar-refractivity contribution in [3.05, 3.63) is 269 Å². The summed E-state index contributed by atoms with van der Waals surface area (Å²) in [5.74, 6) is 0. The van der Waals surface area contributed by atoms with Crippen LogP contribution in [0.2, 0.25) is 0 Å². The Morgan fingerprint density at radius 1 is 0.281 bits per heavy atom. The summed E-state index contributed by atoms with van der Waals surface area (Å²) in [4.78, 5) is 2.56. The van der Waals surface area contributed by atoms with Crippen molar-refractivity contribution in [2.45, 2.75) is 10.8 Å². The molecule has 1 heterocycles. The lowest BCUT2D eigenvalue weighted by molar-refractivity contribution is 0.793. The van der Waals surface area contributed by atoms with Gasteiger partial charge in [0.05, 0.1) is 21.2 Å². The second-order valence-electron chi connectivity index (χ2n) is 17.8. The van der Waals surface area contributed by atoms with Crippen LogP contribution in [0.5, 0.6) is 0 Å². The molecule has 1 nitrogen and oxygen atoms in total. The predicted molar refractivity (Wildman–Crippen MR) is 267 cm³/mol. The first-order chi connectivity index (χ1) is 31.8. The van der Waals surface area contributed by atoms with Crippen LogP contribution in [0.15, 0.2) is 224 Å². The summed E-state index contributed by atoms with van der Waals surface area (Å²) < 4.78 is 2.59. The maximum absolute atomic E-state index is 2.56. The van der Waals surface area contributed by atoms with E-state index in [1.54, 1.807) is 0 Å². The molecule has 2 heteroatoms. The highest BCUT2D eigenvalue weighted by Gasteiger charge is 2.53. The third-order valence-electron chi connectivity index (χ3n) is 15.1. The highest BCUT2D eigenvalue weighted by Crippen LogP contribution is 2.65. The van der Waals surface area contributed by atoms with Crippen LogP contribution in [0.1, 0.15) is 44.5 Å². The van der Waals surface area contributed by atoms with Crippen LogP contribution >= 0.6 is 11.3 Å². The van der Waals surface area contributed by atoms with Crippen molar-refractivity contribution in [1.29, 1.82) is 0 Å². The minimum atomic E-state index is -0.447. The monoisotopic (exact) mass is 827 g/mol. The van der Waals surface area contributed by atoms with Gasteiger partial charge in [0.25, 0.3) is 0 Å². The molecule has 0 fully saturated rings. The molecule has 0 bridgehead atoms. The van der Waals surface area contributed by atoms with Gasteiger partial charge in [0, 0.05) is 26.8 Å². The van der Waals surface area contributed by atoms with Gasteiger partial charge in [-0.05, 0) is 125 Å². The highest BCUT2D eigenvalue weighted by molar-refractivity contribution is 7.26. The number of rotatable bonds is 3. The number of hydrogen-bond acceptors (Lipinski definition) is 2. The minimum absolute atomic E-state index is 0.400. The molecule has 296 valence electrons. The molecule has 64 heavy (non-hydrogen) atoms. The number of thiophene rings is 1. The minimum Gasteiger partial charge on any atom is -0.309 e. The standard InChI is InChI=1S/C62H37NS/c1-8-24-50-40(16-1)41-17-2-9-25-51(41)61(50)55-29-13-6-21-45(55)49-36-38(33-35-56(49)61)63(58-30-15-23-48-47-22-7-14-31-59(47)64-60(48)58)39-32-34-46-44-20-5-12-28-54(44)62(57(46)37-39)52-26-10-3-18-42(52)43-19-4-11-27-53(43)62/h1-37H. The summed E-state index contributed by atoms with van der Waals surface area (Å²) in [5, 5.41) is 2.59. The first kappa shape index (κ1) is 34.8. The van der Waals surface area contributed by atoms with Gasteiger partial charge in [0.2, 0.25) is 0 Å². The lowest BCUT2D eigenvalue weighted by Crippen LogP contribution is -2.26. The third-order valence-corrected chi connectivity index (χ3v) is 16.3. The molecule has 0 saturated heterocycles. The quantitative estimate of drug-likeness (QED) is 0.171. The summed E-state index contributed by atoms with van der Waals surface area (Å²) in [6, 6.07) is 85.1. The van der Waals surface area contributed by atoms with Crippen molar-refractivity contribution in [2.75, 3.05) is 4.90 Å². The first-order valence-corrected chi connectivity index (χ1v) is 23.2. The van der Waals surface area contributed by atoms with Crippen LogP contribution in [-0.4, -0.2) is 0 Å². The molecule has 0 radical (unpaired) electrons. The topological polar surface area (TPSA) is 3.24 Å². The van der Waals surface area contributed by atoms with Gasteiger partial charge in [0.1, 0.15) is 0 Å². The molecule has 15 rings (SSSR count). The van der Waals surface area contributed by atoms with E-state index in [9.17, 15) is 0 Å². The smallest absolute Gasteiger partial charge is 0.0726 e. The molecule has 0 atom stereocenters. The van der Waals surface area contributed by atoms with Gasteiger partial charge in [-0.2, -0.15) is 0 Å². The zero-order valence-electron chi connectivity index (χ0n) is 34.7. The van der Waals surface area contributed by atoms with Gasteiger partial charge in [-0.25, -0.2) is 0 Å². The third kappa shape index (κ3) is 4.11. The maximum Gasteiger partial charge on any atom is 0.0726 e. The van der Waals surface area contributed by atoms with E-state index in [4.69, 9.17) is 0 Å². The summed E-state index contributed by atoms with van der Waals surface area (Å²) in [6.45, 7) is 0. The van der Waals surface area contributed by atoms with Crippen LogP contribution in [0, 0.1) is 0 Å². The van der Waals surface area contributed by atoms with Crippen molar-refractivity contribution >= 4 is 48.6 Å². The maximum atomic E-state index is 2.56. The molecule has 4 aliphatic rings. The van der Waals surface area contributed by atoms with Gasteiger partial charge in [-0.15, -0.1) is 11.3 Å². The van der Waals surface area contributed by atoms with E-state index >= 15 is 0 Å². The van der Waals surface area contributed by atoms with Gasteiger partial charge >= 0.3 is 0 Å². The number of anilines is 3. The summed E-state index contributed by atoms with van der Waals surface area (Å²) >= 11 is 1.89. The Labute approximate surface area is 375 Å². The Balaban J connectivity index is 1.02. The Hall–Kier alpha value is -7.78. The lowest BCUT2D eigenvalue weighted by atomic mass is 9.70. The number of fused-ring (bicyclic) bond motifs is 23. The average Bonchev–Trinajstić information content (AvgIpc) is 4.13. The van der Waals surface area contributed by atoms with Gasteiger partial charge in [-0.1, -0.05) is 188 Å². The first-order valence-electron chi connectivity index (χ1n) is 22.3. The van der Waals surface area contributed by atoms with Crippen LogP contribution < -0.4 is 4.90 Å². The molecule has 0 amide bonds. The summed E-state index contributed by atoms with van der Waals surface area (Å²) in [7, 11) is 0. The second kappa shape index (κ2) is 12.4. The van der Waals surface area contributed by atoms with Gasteiger partial charge in [0.15, 0.2) is 0 Å². The highest BCUT2D eigenvalue weighted by atomic mass is 32.1. The fourth-order valence-corrected chi connectivity index (χ4v) is 14.0. The lowest BCUT2D eigenvalue weighted by Gasteiger charge is -2.33. The second-order valence-corrected chi connectivity index (χ2v) is 18.9. The van der Waals surface area contributed by atoms with Crippen molar-refractivity contribution in [3.63, 3.8) is 0 Å². The zero-order valence-corrected chi connectivity index (χ0v) is 35.5. The van der Waals surface area contributed by atoms with Crippen LogP contribution in [-0.2, 0) is 10.8 Å². The van der Waals surface area contributed by atoms with Gasteiger partial charge < -0.3 is 4.90 Å². The Morgan fingerprint density at radius 2 is 0.672 bits per heavy atom. The average molecular weight is 828 g/mol. The molecule has 11 aromatic rings. The van der Waals surface area contributed by atoms with Crippen molar-refractivity contribution in [3.8, 4) is 44.5 Å². The number of hydrogen-bond donors (Lipinski definition) is 0. The molecule has 0 saturated carbocycles. The molecule has 10 aromatic carbocycles. The molecule has 0 N–H and O–H groups in total. The van der Waals surface area contributed by atoms with Crippen LogP contribution in [0.4, 0.5) is 17.1 Å². The summed E-state index contributed by atoms with van der Waals surface area (Å²) in [6.07, 6.45) is 0. The van der Waals surface area contributed by atoms with E-state index in [1.165, 1.54) is 115 Å². The largest absolute Gasteiger partial charge is 0.309 e. The Bertz CT molecular complexity index is 3720. The van der Waals surface area contributed by atoms with Crippen LogP contribution in [0.25, 0.3) is 64.7 Å². The fraction of sp³-hybridized carbons (Fsp3) is 0.0323. The van der Waals surface area contributed by atoms with Gasteiger partial charge in [-0.3, -0.25) is 0 Å². The van der Waals surface area contributed by atoms with Crippen molar-refractivity contribution in [1.82, 2.24) is 0 Å². The zero-order chi connectivity index (χ0) is 41.7. The number of benzene rings is 10. The normalized spacial score (nSPS) is 14.5. The van der Waals surface area contributed by atoms with Crippen molar-refractivity contribution in [2.24, 2.45) is 0 Å². The SMILES string of the molecule is c1ccc2c(c1)-c1ccccc1C21c2ccccc2-c2cc(N(c3ccc4c(c3)C3(c5ccccc5-c5ccccc53)c3ccccc3-4)c3cccc4c3sc3ccccc34)ccc21. The van der Waals surface area contributed by atoms with E-state index < -0.39 is 10.8 Å². The van der Waals surface area contributed by atoms with E-state index in [-0.39, 0.29) is 0 Å². The molecular formula is C62H37NS. The Morgan fingerprint density at radius 3 is 1.22 bits per heavy atom. The molecule has 0 aliphatic heterocycles. The van der Waals surface area contributed by atoms with Crippen LogP contribution in [0.3, 0.4) is 0 Å². The molecule has 0 unspecified atom stereocenters. The summed E-state index contributed by atoms with van der Waals surface area (Å²) in [5.41, 5.74) is 24.0. The van der Waals surface area contributed by atoms with E-state index in [0.29, 0.717) is 0 Å². The number of nitrogens with zero attached hydrogens (tertiary/aromatic N) is 1. The van der Waals surface area contributed by atoms with E-state index in [2.05, 4.69) is 229 Å². The predicted octanol–water partition coefficient (Wildman–Crippen LogP) is 16.2. The molecular weight excluding hydrogens is 791 g/mol. The molecule has 2 spiro atoms. The van der Waals surface area contributed by atoms with E-state index in [0.717, 1.165) is 11.4 Å².